The van der Waals surface area contributed by atoms with Gasteiger partial charge < -0.3 is 4.90 Å². The number of sulfonamides is 1. The number of amides is 1. The fourth-order valence-electron chi connectivity index (χ4n) is 3.26. The summed E-state index contributed by atoms with van der Waals surface area (Å²) in [6.45, 7) is 1.61. The molecule has 2 heterocycles. The third-order valence-electron chi connectivity index (χ3n) is 4.56. The van der Waals surface area contributed by atoms with Crippen LogP contribution in [0.2, 0.25) is 0 Å². The molecule has 0 saturated carbocycles. The third-order valence-corrected chi connectivity index (χ3v) is 5.83. The van der Waals surface area contributed by atoms with Gasteiger partial charge in [0.15, 0.2) is 0 Å². The highest BCUT2D eigenvalue weighted by Crippen LogP contribution is 2.18. The van der Waals surface area contributed by atoms with E-state index in [4.69, 9.17) is 0 Å². The number of nitrogens with zero attached hydrogens (tertiary/aromatic N) is 3. The van der Waals surface area contributed by atoms with Crippen LogP contribution in [0.15, 0.2) is 54.7 Å². The van der Waals surface area contributed by atoms with Crippen LogP contribution in [-0.4, -0.2) is 60.9 Å². The van der Waals surface area contributed by atoms with Gasteiger partial charge in [-0.1, -0.05) is 24.3 Å². The summed E-state index contributed by atoms with van der Waals surface area (Å²) in [6.07, 6.45) is 3.58. The van der Waals surface area contributed by atoms with Gasteiger partial charge in [0.2, 0.25) is 10.0 Å². The minimum atomic E-state index is -3.31. The Bertz CT molecular complexity index is 841. The van der Waals surface area contributed by atoms with Crippen molar-refractivity contribution in [1.29, 1.82) is 0 Å². The maximum atomic E-state index is 12.8. The molecular formula is C19H23N3O3S. The lowest BCUT2D eigenvalue weighted by atomic mass is 10.0. The number of rotatable bonds is 4. The number of aromatic nitrogens is 1. The average Bonchev–Trinajstić information content (AvgIpc) is 2.85. The van der Waals surface area contributed by atoms with Crippen LogP contribution < -0.4 is 0 Å². The first kappa shape index (κ1) is 18.5. The lowest BCUT2D eigenvalue weighted by Gasteiger charge is -2.24. The Morgan fingerprint density at radius 2 is 1.81 bits per heavy atom. The molecule has 6 nitrogen and oxygen atoms in total. The quantitative estimate of drug-likeness (QED) is 0.817. The third kappa shape index (κ3) is 4.68. The van der Waals surface area contributed by atoms with E-state index in [1.807, 2.05) is 36.4 Å². The molecule has 3 rings (SSSR count). The van der Waals surface area contributed by atoms with E-state index >= 15 is 0 Å². The van der Waals surface area contributed by atoms with Gasteiger partial charge >= 0.3 is 0 Å². The van der Waals surface area contributed by atoms with E-state index in [1.54, 1.807) is 23.2 Å². The van der Waals surface area contributed by atoms with Crippen LogP contribution in [0, 0.1) is 5.92 Å². The van der Waals surface area contributed by atoms with Crippen molar-refractivity contribution in [2.24, 2.45) is 5.92 Å². The van der Waals surface area contributed by atoms with E-state index < -0.39 is 10.0 Å². The molecule has 0 spiro atoms. The van der Waals surface area contributed by atoms with Gasteiger partial charge in [-0.3, -0.25) is 9.78 Å². The fourth-order valence-corrected chi connectivity index (χ4v) is 4.16. The van der Waals surface area contributed by atoms with Crippen molar-refractivity contribution in [3.63, 3.8) is 0 Å². The van der Waals surface area contributed by atoms with Crippen LogP contribution in [0.1, 0.15) is 16.1 Å². The van der Waals surface area contributed by atoms with Crippen molar-refractivity contribution < 1.29 is 13.2 Å². The molecule has 1 aromatic heterocycles. The van der Waals surface area contributed by atoms with E-state index in [0.29, 0.717) is 38.2 Å². The lowest BCUT2D eigenvalue weighted by Crippen LogP contribution is -2.37. The van der Waals surface area contributed by atoms with Gasteiger partial charge in [-0.15, -0.1) is 0 Å². The number of benzene rings is 1. The number of hydrogen-bond donors (Lipinski definition) is 0. The smallest absolute Gasteiger partial charge is 0.253 e. The second-order valence-corrected chi connectivity index (χ2v) is 8.61. The molecule has 0 bridgehead atoms. The Hall–Kier alpha value is -2.25. The summed E-state index contributed by atoms with van der Waals surface area (Å²) in [4.78, 5) is 19.0. The van der Waals surface area contributed by atoms with Gasteiger partial charge in [-0.2, -0.15) is 0 Å². The number of pyridine rings is 1. The summed E-state index contributed by atoms with van der Waals surface area (Å²) in [5, 5.41) is 0. The minimum Gasteiger partial charge on any atom is -0.337 e. The zero-order valence-electron chi connectivity index (χ0n) is 14.8. The highest BCUT2D eigenvalue weighted by atomic mass is 32.2. The Kier molecular flexibility index (Phi) is 5.68. The Morgan fingerprint density at radius 3 is 2.46 bits per heavy atom. The number of hydrogen-bond acceptors (Lipinski definition) is 4. The summed E-state index contributed by atoms with van der Waals surface area (Å²) < 4.78 is 25.7. The molecule has 0 unspecified atom stereocenters. The highest BCUT2D eigenvalue weighted by Gasteiger charge is 2.30. The molecule has 0 radical (unpaired) electrons. The zero-order valence-corrected chi connectivity index (χ0v) is 15.6. The molecule has 1 aromatic carbocycles. The zero-order chi connectivity index (χ0) is 18.6. The Balaban J connectivity index is 1.82. The molecule has 0 aliphatic carbocycles. The van der Waals surface area contributed by atoms with E-state index in [0.717, 1.165) is 5.69 Å². The highest BCUT2D eigenvalue weighted by molar-refractivity contribution is 7.88. The number of carbonyl (C=O) groups excluding carboxylic acids is 1. The second-order valence-electron chi connectivity index (χ2n) is 6.63. The van der Waals surface area contributed by atoms with Gasteiger partial charge in [0.25, 0.3) is 5.91 Å². The second kappa shape index (κ2) is 7.97. The van der Waals surface area contributed by atoms with Crippen LogP contribution in [0.25, 0.3) is 0 Å². The molecule has 2 aromatic rings. The van der Waals surface area contributed by atoms with Crippen molar-refractivity contribution >= 4 is 15.9 Å². The van der Waals surface area contributed by atoms with Gasteiger partial charge in [-0.25, -0.2) is 12.7 Å². The SMILES string of the molecule is CS(=O)(=O)N1CCN(C(=O)c2ccccc2)C[C@H](Cc2ccccn2)C1. The maximum absolute atomic E-state index is 12.8. The molecule has 1 aliphatic rings. The molecular weight excluding hydrogens is 350 g/mol. The van der Waals surface area contributed by atoms with E-state index in [1.165, 1.54) is 10.6 Å². The summed E-state index contributed by atoms with van der Waals surface area (Å²) in [7, 11) is -3.31. The predicted octanol–water partition coefficient (Wildman–Crippen LogP) is 1.66. The lowest BCUT2D eigenvalue weighted by molar-refractivity contribution is 0.0746. The van der Waals surface area contributed by atoms with Crippen LogP contribution in [0.3, 0.4) is 0 Å². The maximum Gasteiger partial charge on any atom is 0.253 e. The summed E-state index contributed by atoms with van der Waals surface area (Å²) >= 11 is 0. The molecule has 1 saturated heterocycles. The molecule has 7 heteroatoms. The number of carbonyl (C=O) groups is 1. The van der Waals surface area contributed by atoms with Crippen molar-refractivity contribution in [3.8, 4) is 0 Å². The minimum absolute atomic E-state index is 0.00483. The summed E-state index contributed by atoms with van der Waals surface area (Å²) in [6, 6.07) is 14.8. The monoisotopic (exact) mass is 373 g/mol. The van der Waals surface area contributed by atoms with Crippen molar-refractivity contribution in [2.45, 2.75) is 6.42 Å². The van der Waals surface area contributed by atoms with Crippen LogP contribution in [-0.2, 0) is 16.4 Å². The van der Waals surface area contributed by atoms with Crippen molar-refractivity contribution in [2.75, 3.05) is 32.4 Å². The predicted molar refractivity (Wildman–Crippen MR) is 100 cm³/mol. The average molecular weight is 373 g/mol. The summed E-state index contributed by atoms with van der Waals surface area (Å²) in [5.41, 5.74) is 1.52. The Labute approximate surface area is 154 Å². The van der Waals surface area contributed by atoms with Gasteiger partial charge in [0.05, 0.1) is 6.26 Å². The van der Waals surface area contributed by atoms with Crippen LogP contribution >= 0.6 is 0 Å². The molecule has 0 N–H and O–H groups in total. The molecule has 1 amide bonds. The largest absolute Gasteiger partial charge is 0.337 e. The summed E-state index contributed by atoms with van der Waals surface area (Å²) in [5.74, 6) is -0.0678. The normalized spacial score (nSPS) is 19.1. The molecule has 26 heavy (non-hydrogen) atoms. The van der Waals surface area contributed by atoms with Crippen molar-refractivity contribution in [1.82, 2.24) is 14.2 Å². The van der Waals surface area contributed by atoms with Gasteiger partial charge in [0, 0.05) is 43.6 Å². The van der Waals surface area contributed by atoms with Crippen molar-refractivity contribution in [3.05, 3.63) is 66.0 Å². The first-order valence-corrected chi connectivity index (χ1v) is 10.5. The van der Waals surface area contributed by atoms with E-state index in [-0.39, 0.29) is 11.8 Å². The standard InChI is InChI=1S/C19H23N3O3S/c1-26(24,25)22-12-11-21(19(23)17-7-3-2-4-8-17)14-16(15-22)13-18-9-5-6-10-20-18/h2-10,16H,11-15H2,1H3/t16-/m0/s1. The first-order chi connectivity index (χ1) is 12.4. The molecule has 1 atom stereocenters. The van der Waals surface area contributed by atoms with Gasteiger partial charge in [0.1, 0.15) is 0 Å². The topological polar surface area (TPSA) is 70.6 Å². The fraction of sp³-hybridized carbons (Fsp3) is 0.368. The van der Waals surface area contributed by atoms with Crippen LogP contribution in [0.4, 0.5) is 0 Å². The van der Waals surface area contributed by atoms with Crippen LogP contribution in [0.5, 0.6) is 0 Å². The molecule has 1 fully saturated rings. The van der Waals surface area contributed by atoms with E-state index in [2.05, 4.69) is 4.98 Å². The molecule has 138 valence electrons. The van der Waals surface area contributed by atoms with Gasteiger partial charge in [-0.05, 0) is 36.6 Å². The molecule has 1 aliphatic heterocycles. The first-order valence-electron chi connectivity index (χ1n) is 8.63. The van der Waals surface area contributed by atoms with E-state index in [9.17, 15) is 13.2 Å². The Morgan fingerprint density at radius 1 is 1.08 bits per heavy atom.